The summed E-state index contributed by atoms with van der Waals surface area (Å²) in [6, 6.07) is 0.627. The van der Waals surface area contributed by atoms with E-state index in [-0.39, 0.29) is 0 Å². The van der Waals surface area contributed by atoms with Crippen molar-refractivity contribution in [3.63, 3.8) is 0 Å². The van der Waals surface area contributed by atoms with Crippen LogP contribution in [-0.4, -0.2) is 36.8 Å². The summed E-state index contributed by atoms with van der Waals surface area (Å²) in [5.41, 5.74) is 0. The van der Waals surface area contributed by atoms with E-state index in [1.54, 1.807) is 0 Å². The van der Waals surface area contributed by atoms with Crippen LogP contribution in [0.1, 0.15) is 26.2 Å². The molecule has 0 spiro atoms. The lowest BCUT2D eigenvalue weighted by Crippen LogP contribution is -2.38. The Bertz CT molecular complexity index is 188. The molecular formula is C11H21NOS. The Morgan fingerprint density at radius 2 is 2.36 bits per heavy atom. The first kappa shape index (κ1) is 10.8. The van der Waals surface area contributed by atoms with E-state index in [0.29, 0.717) is 10.8 Å². The van der Waals surface area contributed by atoms with Crippen LogP contribution >= 0.6 is 11.8 Å². The monoisotopic (exact) mass is 215 g/mol. The highest BCUT2D eigenvalue weighted by Crippen LogP contribution is 2.46. The van der Waals surface area contributed by atoms with E-state index >= 15 is 0 Å². The maximum Gasteiger partial charge on any atom is 0.0509 e. The third-order valence-electron chi connectivity index (χ3n) is 3.66. The summed E-state index contributed by atoms with van der Waals surface area (Å²) >= 11 is 2.03. The van der Waals surface area contributed by atoms with Gasteiger partial charge in [0, 0.05) is 23.9 Å². The molecule has 2 aliphatic rings. The van der Waals surface area contributed by atoms with Gasteiger partial charge in [0.15, 0.2) is 0 Å². The number of hydrogen-bond donors (Lipinski definition) is 1. The van der Waals surface area contributed by atoms with Crippen molar-refractivity contribution < 1.29 is 4.74 Å². The van der Waals surface area contributed by atoms with E-state index in [1.807, 2.05) is 11.8 Å². The molecule has 0 aromatic heterocycles. The minimum atomic E-state index is 0.591. The van der Waals surface area contributed by atoms with Gasteiger partial charge in [-0.15, -0.1) is 0 Å². The molecule has 2 atom stereocenters. The van der Waals surface area contributed by atoms with Gasteiger partial charge in [0.1, 0.15) is 0 Å². The van der Waals surface area contributed by atoms with Crippen LogP contribution < -0.4 is 5.32 Å². The van der Waals surface area contributed by atoms with Gasteiger partial charge >= 0.3 is 0 Å². The Balaban J connectivity index is 1.69. The molecule has 3 heteroatoms. The van der Waals surface area contributed by atoms with Crippen LogP contribution in [-0.2, 0) is 4.74 Å². The highest BCUT2D eigenvalue weighted by Gasteiger charge is 2.41. The summed E-state index contributed by atoms with van der Waals surface area (Å²) in [4.78, 5) is 0. The van der Waals surface area contributed by atoms with Gasteiger partial charge in [-0.2, -0.15) is 11.8 Å². The molecule has 0 bridgehead atoms. The second kappa shape index (κ2) is 4.42. The van der Waals surface area contributed by atoms with Crippen molar-refractivity contribution >= 4 is 11.8 Å². The van der Waals surface area contributed by atoms with Gasteiger partial charge in [-0.3, -0.25) is 0 Å². The Hall–Kier alpha value is 0.270. The molecule has 1 aliphatic carbocycles. The molecule has 82 valence electrons. The van der Waals surface area contributed by atoms with Gasteiger partial charge in [0.2, 0.25) is 0 Å². The van der Waals surface area contributed by atoms with Gasteiger partial charge in [0.25, 0.3) is 0 Å². The van der Waals surface area contributed by atoms with E-state index in [4.69, 9.17) is 4.74 Å². The zero-order valence-corrected chi connectivity index (χ0v) is 10.0. The first-order valence-electron chi connectivity index (χ1n) is 5.62. The first-order valence-corrected chi connectivity index (χ1v) is 6.84. The molecule has 1 saturated heterocycles. The quantitative estimate of drug-likeness (QED) is 0.757. The zero-order chi connectivity index (χ0) is 10.0. The van der Waals surface area contributed by atoms with Crippen molar-refractivity contribution in [2.45, 2.75) is 37.0 Å². The Morgan fingerprint density at radius 3 is 2.86 bits per heavy atom. The van der Waals surface area contributed by atoms with Crippen LogP contribution in [0.3, 0.4) is 0 Å². The van der Waals surface area contributed by atoms with Crippen LogP contribution in [0.2, 0.25) is 0 Å². The van der Waals surface area contributed by atoms with Gasteiger partial charge in [-0.25, -0.2) is 0 Å². The van der Waals surface area contributed by atoms with Crippen molar-refractivity contribution in [3.05, 3.63) is 0 Å². The standard InChI is InChI=1S/C11H21NOS/c1-9(10-3-6-13-7-10)12-8-11(14-2)4-5-11/h9-10,12H,3-8H2,1-2H3. The van der Waals surface area contributed by atoms with Crippen LogP contribution in [0.4, 0.5) is 0 Å². The topological polar surface area (TPSA) is 21.3 Å². The summed E-state index contributed by atoms with van der Waals surface area (Å²) < 4.78 is 6.00. The Morgan fingerprint density at radius 1 is 1.57 bits per heavy atom. The molecule has 0 amide bonds. The second-order valence-corrected chi connectivity index (χ2v) is 5.95. The lowest BCUT2D eigenvalue weighted by Gasteiger charge is -2.22. The summed E-state index contributed by atoms with van der Waals surface area (Å²) in [6.45, 7) is 5.41. The molecule has 2 unspecified atom stereocenters. The normalized spacial score (nSPS) is 31.7. The lowest BCUT2D eigenvalue weighted by atomic mass is 10.0. The van der Waals surface area contributed by atoms with E-state index < -0.39 is 0 Å². The average Bonchev–Trinajstić information content (AvgIpc) is 2.78. The van der Waals surface area contributed by atoms with Crippen LogP contribution in [0.25, 0.3) is 0 Å². The zero-order valence-electron chi connectivity index (χ0n) is 9.21. The maximum atomic E-state index is 5.41. The highest BCUT2D eigenvalue weighted by atomic mass is 32.2. The molecule has 0 aromatic carbocycles. The van der Waals surface area contributed by atoms with Crippen LogP contribution in [0.15, 0.2) is 0 Å². The Labute approximate surface area is 91.2 Å². The Kier molecular flexibility index (Phi) is 3.40. The minimum absolute atomic E-state index is 0.591. The molecule has 1 N–H and O–H groups in total. The number of nitrogens with one attached hydrogen (secondary N) is 1. The minimum Gasteiger partial charge on any atom is -0.381 e. The summed E-state index contributed by atoms with van der Waals surface area (Å²) in [7, 11) is 0. The third-order valence-corrected chi connectivity index (χ3v) is 5.08. The number of hydrogen-bond acceptors (Lipinski definition) is 3. The van der Waals surface area contributed by atoms with Gasteiger partial charge in [-0.1, -0.05) is 0 Å². The van der Waals surface area contributed by atoms with Crippen LogP contribution in [0, 0.1) is 5.92 Å². The SMILES string of the molecule is CSC1(CNC(C)C2CCOC2)CC1. The molecular weight excluding hydrogens is 194 g/mol. The van der Waals surface area contributed by atoms with Gasteiger partial charge in [-0.05, 0) is 38.4 Å². The highest BCUT2D eigenvalue weighted by molar-refractivity contribution is 8.00. The number of rotatable bonds is 5. The number of ether oxygens (including phenoxy) is 1. The average molecular weight is 215 g/mol. The summed E-state index contributed by atoms with van der Waals surface area (Å²) in [5.74, 6) is 0.743. The smallest absolute Gasteiger partial charge is 0.0509 e. The number of thioether (sulfide) groups is 1. The molecule has 2 nitrogen and oxygen atoms in total. The first-order chi connectivity index (χ1) is 6.76. The van der Waals surface area contributed by atoms with Crippen molar-refractivity contribution in [1.29, 1.82) is 0 Å². The van der Waals surface area contributed by atoms with E-state index in [1.165, 1.54) is 25.8 Å². The van der Waals surface area contributed by atoms with Crippen molar-refractivity contribution in [2.75, 3.05) is 26.0 Å². The lowest BCUT2D eigenvalue weighted by molar-refractivity contribution is 0.178. The fourth-order valence-corrected chi connectivity index (χ4v) is 2.79. The summed E-state index contributed by atoms with van der Waals surface area (Å²) in [5, 5.41) is 3.68. The summed E-state index contributed by atoms with van der Waals surface area (Å²) in [6.07, 6.45) is 6.27. The molecule has 2 rings (SSSR count). The molecule has 2 fully saturated rings. The van der Waals surface area contributed by atoms with Crippen molar-refractivity contribution in [2.24, 2.45) is 5.92 Å². The molecule has 1 heterocycles. The molecule has 1 saturated carbocycles. The second-order valence-electron chi connectivity index (χ2n) is 4.68. The van der Waals surface area contributed by atoms with E-state index in [9.17, 15) is 0 Å². The van der Waals surface area contributed by atoms with Crippen molar-refractivity contribution in [3.8, 4) is 0 Å². The molecule has 0 aromatic rings. The largest absolute Gasteiger partial charge is 0.381 e. The van der Waals surface area contributed by atoms with Gasteiger partial charge in [0.05, 0.1) is 6.61 Å². The molecule has 0 radical (unpaired) electrons. The molecule has 14 heavy (non-hydrogen) atoms. The fraction of sp³-hybridized carbons (Fsp3) is 1.00. The predicted octanol–water partition coefficient (Wildman–Crippen LogP) is 1.90. The third kappa shape index (κ3) is 2.44. The van der Waals surface area contributed by atoms with E-state index in [2.05, 4.69) is 18.5 Å². The predicted molar refractivity (Wildman–Crippen MR) is 61.9 cm³/mol. The fourth-order valence-electron chi connectivity index (χ4n) is 2.05. The maximum absolute atomic E-state index is 5.41. The van der Waals surface area contributed by atoms with E-state index in [0.717, 1.165) is 19.1 Å². The van der Waals surface area contributed by atoms with Crippen LogP contribution in [0.5, 0.6) is 0 Å². The van der Waals surface area contributed by atoms with Gasteiger partial charge < -0.3 is 10.1 Å². The van der Waals surface area contributed by atoms with Crippen molar-refractivity contribution in [1.82, 2.24) is 5.32 Å². The molecule has 1 aliphatic heterocycles.